The van der Waals surface area contributed by atoms with Crippen molar-refractivity contribution >= 4 is 23.2 Å². The average molecular weight is 721 g/mol. The van der Waals surface area contributed by atoms with Gasteiger partial charge in [-0.1, -0.05) is 85.6 Å². The largest absolute Gasteiger partial charge is 0.397 e. The number of rotatable bonds is 16. The summed E-state index contributed by atoms with van der Waals surface area (Å²) in [5.74, 6) is -0.0259. The summed E-state index contributed by atoms with van der Waals surface area (Å²) in [4.78, 5) is 27.3. The quantitative estimate of drug-likeness (QED) is 0.0726. The van der Waals surface area contributed by atoms with E-state index < -0.39 is 6.29 Å². The van der Waals surface area contributed by atoms with E-state index in [1.165, 1.54) is 0 Å². The third-order valence-electron chi connectivity index (χ3n) is 9.88. The summed E-state index contributed by atoms with van der Waals surface area (Å²) < 4.78 is 18.8. The fraction of sp³-hybridized carbons (Fsp3) is 0.395. The molecule has 3 atom stereocenters. The number of unbranched alkanes of at least 4 members (excludes halogenated alkanes) is 3. The third kappa shape index (κ3) is 11.5. The molecule has 2 saturated heterocycles. The number of ether oxygens (including phenoxy) is 3. The van der Waals surface area contributed by atoms with Gasteiger partial charge in [0.05, 0.1) is 43.4 Å². The fourth-order valence-electron chi connectivity index (χ4n) is 6.87. The van der Waals surface area contributed by atoms with Gasteiger partial charge in [-0.05, 0) is 64.9 Å². The van der Waals surface area contributed by atoms with Crippen LogP contribution in [0.1, 0.15) is 79.6 Å². The van der Waals surface area contributed by atoms with Gasteiger partial charge in [0.1, 0.15) is 0 Å². The first kappa shape index (κ1) is 38.2. The highest BCUT2D eigenvalue weighted by Gasteiger charge is 2.33. The van der Waals surface area contributed by atoms with Crippen molar-refractivity contribution in [3.63, 3.8) is 0 Å². The Morgan fingerprint density at radius 2 is 1.47 bits per heavy atom. The van der Waals surface area contributed by atoms with Gasteiger partial charge in [0.15, 0.2) is 6.29 Å². The number of nitrogen functional groups attached to an aromatic ring is 1. The number of hydrogen-bond donors (Lipinski definition) is 4. The van der Waals surface area contributed by atoms with Crippen molar-refractivity contribution in [1.29, 1.82) is 0 Å². The Hall–Kier alpha value is -4.58. The molecule has 2 heterocycles. The van der Waals surface area contributed by atoms with Gasteiger partial charge in [0.2, 0.25) is 11.8 Å². The number of anilines is 2. The molecule has 4 aromatic carbocycles. The molecule has 4 aromatic rings. The van der Waals surface area contributed by atoms with Crippen molar-refractivity contribution in [3.05, 3.63) is 119 Å². The summed E-state index contributed by atoms with van der Waals surface area (Å²) in [6.07, 6.45) is 4.24. The van der Waals surface area contributed by atoms with Crippen LogP contribution in [-0.4, -0.2) is 60.8 Å². The molecule has 10 nitrogen and oxygen atoms in total. The molecule has 2 aliphatic heterocycles. The van der Waals surface area contributed by atoms with E-state index in [9.17, 15) is 14.7 Å². The number of amides is 2. The van der Waals surface area contributed by atoms with Gasteiger partial charge in [-0.25, -0.2) is 0 Å². The Kier molecular flexibility index (Phi) is 14.0. The Morgan fingerprint density at radius 1 is 0.755 bits per heavy atom. The number of nitrogens with zero attached hydrogens (tertiary/aromatic N) is 1. The SMILES string of the molecule is Nc1ccccc1NC(=O)CCCCCCC(=O)NCc1cccc(-c2cccc([C@@H]3O[C@H](CN4CCOCC4)C[C@H](c4ccc(CO)cc4)O3)c2)c1. The van der Waals surface area contributed by atoms with E-state index in [0.29, 0.717) is 30.8 Å². The summed E-state index contributed by atoms with van der Waals surface area (Å²) in [5, 5.41) is 15.5. The number of para-hydroxylation sites is 2. The van der Waals surface area contributed by atoms with E-state index >= 15 is 0 Å². The maximum Gasteiger partial charge on any atom is 0.224 e. The monoisotopic (exact) mass is 720 g/mol. The van der Waals surface area contributed by atoms with E-state index in [0.717, 1.165) is 98.3 Å². The number of morpholine rings is 1. The number of hydrogen-bond acceptors (Lipinski definition) is 8. The molecule has 0 bridgehead atoms. The Balaban J connectivity index is 0.996. The Labute approximate surface area is 312 Å². The molecule has 0 radical (unpaired) electrons. The summed E-state index contributed by atoms with van der Waals surface area (Å²) in [5.41, 5.74) is 13.1. The van der Waals surface area contributed by atoms with Crippen LogP contribution >= 0.6 is 0 Å². The minimum absolute atomic E-state index is 0.00845. The van der Waals surface area contributed by atoms with E-state index in [1.807, 2.05) is 54.6 Å². The van der Waals surface area contributed by atoms with Gasteiger partial charge in [-0.15, -0.1) is 0 Å². The smallest absolute Gasteiger partial charge is 0.224 e. The van der Waals surface area contributed by atoms with Crippen molar-refractivity contribution in [2.24, 2.45) is 0 Å². The normalized spacial score (nSPS) is 19.1. The number of benzene rings is 4. The van der Waals surface area contributed by atoms with Gasteiger partial charge >= 0.3 is 0 Å². The molecular formula is C43H52N4O6. The zero-order valence-electron chi connectivity index (χ0n) is 30.4. The molecule has 10 heteroatoms. The molecule has 0 aromatic heterocycles. The van der Waals surface area contributed by atoms with Crippen molar-refractivity contribution in [1.82, 2.24) is 10.2 Å². The van der Waals surface area contributed by atoms with Crippen LogP contribution in [0.15, 0.2) is 97.1 Å². The number of nitrogens with two attached hydrogens (primary N) is 1. The van der Waals surface area contributed by atoms with Crippen LogP contribution in [0.3, 0.4) is 0 Å². The number of aliphatic hydroxyl groups is 1. The fourth-order valence-corrected chi connectivity index (χ4v) is 6.87. The molecule has 5 N–H and O–H groups in total. The molecule has 53 heavy (non-hydrogen) atoms. The molecule has 0 spiro atoms. The van der Waals surface area contributed by atoms with Crippen LogP contribution in [0, 0.1) is 0 Å². The molecule has 0 aliphatic carbocycles. The van der Waals surface area contributed by atoms with E-state index in [2.05, 4.69) is 45.9 Å². The highest BCUT2D eigenvalue weighted by molar-refractivity contribution is 5.93. The summed E-state index contributed by atoms with van der Waals surface area (Å²) >= 11 is 0. The van der Waals surface area contributed by atoms with Crippen molar-refractivity contribution in [2.75, 3.05) is 43.9 Å². The highest BCUT2D eigenvalue weighted by Crippen LogP contribution is 2.39. The third-order valence-corrected chi connectivity index (χ3v) is 9.88. The first-order chi connectivity index (χ1) is 25.9. The topological polar surface area (TPSA) is 135 Å². The standard InChI is InChI=1S/C43H52N4O6/c44-38-13-5-6-14-39(38)46-42(50)16-4-2-1-3-15-41(49)45-28-32-9-7-10-34(25-32)35-11-8-12-36(26-35)43-52-37(29-47-21-23-51-24-22-47)27-40(53-43)33-19-17-31(30-48)18-20-33/h5-14,17-20,25-26,37,40,43,48H,1-4,15-16,21-24,27-30,44H2,(H,45,49)(H,46,50)/t37-,40+,43+/m0/s1. The van der Waals surface area contributed by atoms with Crippen LogP contribution < -0.4 is 16.4 Å². The van der Waals surface area contributed by atoms with Gasteiger partial charge < -0.3 is 35.7 Å². The molecule has 280 valence electrons. The van der Waals surface area contributed by atoms with E-state index in [-0.39, 0.29) is 30.6 Å². The van der Waals surface area contributed by atoms with E-state index in [1.54, 1.807) is 12.1 Å². The average Bonchev–Trinajstić information content (AvgIpc) is 3.20. The second-order valence-electron chi connectivity index (χ2n) is 13.9. The van der Waals surface area contributed by atoms with Gasteiger partial charge in [0.25, 0.3) is 0 Å². The second-order valence-corrected chi connectivity index (χ2v) is 13.9. The Morgan fingerprint density at radius 3 is 2.23 bits per heavy atom. The van der Waals surface area contributed by atoms with Crippen LogP contribution in [0.4, 0.5) is 11.4 Å². The van der Waals surface area contributed by atoms with Crippen LogP contribution in [-0.2, 0) is 37.0 Å². The maximum atomic E-state index is 12.6. The molecule has 2 fully saturated rings. The zero-order valence-corrected chi connectivity index (χ0v) is 30.4. The zero-order chi connectivity index (χ0) is 36.8. The molecule has 0 unspecified atom stereocenters. The predicted molar refractivity (Wildman–Crippen MR) is 207 cm³/mol. The lowest BCUT2D eigenvalue weighted by molar-refractivity contribution is -0.253. The van der Waals surface area contributed by atoms with Crippen molar-refractivity contribution < 1.29 is 28.9 Å². The van der Waals surface area contributed by atoms with Crippen LogP contribution in [0.25, 0.3) is 11.1 Å². The lowest BCUT2D eigenvalue weighted by atomic mass is 9.98. The number of carbonyl (C=O) groups excluding carboxylic acids is 2. The second kappa shape index (κ2) is 19.5. The molecule has 2 aliphatic rings. The highest BCUT2D eigenvalue weighted by atomic mass is 16.7. The minimum atomic E-state index is -0.537. The van der Waals surface area contributed by atoms with Gasteiger partial charge in [-0.3, -0.25) is 14.5 Å². The number of aliphatic hydroxyl groups excluding tert-OH is 1. The molecule has 6 rings (SSSR count). The van der Waals surface area contributed by atoms with Crippen molar-refractivity contribution in [2.45, 2.75) is 76.6 Å². The van der Waals surface area contributed by atoms with Crippen LogP contribution in [0.5, 0.6) is 0 Å². The molecular weight excluding hydrogens is 668 g/mol. The minimum Gasteiger partial charge on any atom is -0.397 e. The van der Waals surface area contributed by atoms with Crippen molar-refractivity contribution in [3.8, 4) is 11.1 Å². The first-order valence-corrected chi connectivity index (χ1v) is 18.8. The number of carbonyl (C=O) groups is 2. The lowest BCUT2D eigenvalue weighted by Gasteiger charge is -2.39. The first-order valence-electron chi connectivity index (χ1n) is 18.8. The molecule has 2 amide bonds. The summed E-state index contributed by atoms with van der Waals surface area (Å²) in [6, 6.07) is 31.8. The predicted octanol–water partition coefficient (Wildman–Crippen LogP) is 6.90. The summed E-state index contributed by atoms with van der Waals surface area (Å²) in [7, 11) is 0. The van der Waals surface area contributed by atoms with E-state index in [4.69, 9.17) is 19.9 Å². The van der Waals surface area contributed by atoms with Gasteiger partial charge in [0, 0.05) is 51.0 Å². The Bertz CT molecular complexity index is 1780. The maximum absolute atomic E-state index is 12.6. The van der Waals surface area contributed by atoms with Gasteiger partial charge in [-0.2, -0.15) is 0 Å². The lowest BCUT2D eigenvalue weighted by Crippen LogP contribution is -2.44. The summed E-state index contributed by atoms with van der Waals surface area (Å²) in [6.45, 7) is 4.52. The number of nitrogens with one attached hydrogen (secondary N) is 2. The molecule has 0 saturated carbocycles. The van der Waals surface area contributed by atoms with Crippen LogP contribution in [0.2, 0.25) is 0 Å².